The van der Waals surface area contributed by atoms with E-state index in [1.54, 1.807) is 12.1 Å². The van der Waals surface area contributed by atoms with Crippen LogP contribution in [0.4, 0.5) is 0 Å². The van der Waals surface area contributed by atoms with Crippen LogP contribution in [-0.4, -0.2) is 41.5 Å². The van der Waals surface area contributed by atoms with Crippen LogP contribution in [-0.2, 0) is 16.1 Å². The maximum Gasteiger partial charge on any atom is 0.322 e. The van der Waals surface area contributed by atoms with Crippen LogP contribution in [0.3, 0.4) is 0 Å². The van der Waals surface area contributed by atoms with E-state index in [0.29, 0.717) is 17.4 Å². The fraction of sp³-hybridized carbons (Fsp3) is 0.333. The Morgan fingerprint density at radius 1 is 1.53 bits per heavy atom. The van der Waals surface area contributed by atoms with Gasteiger partial charge in [0.15, 0.2) is 0 Å². The SMILES string of the molecule is C=CCN(CC(=O)NCC(=O)O)Cc1ccc(Cl)s1. The number of nitrogens with one attached hydrogen (secondary N) is 1. The molecule has 0 saturated heterocycles. The third-order valence-corrected chi connectivity index (χ3v) is 3.42. The Kier molecular flexibility index (Phi) is 6.55. The van der Waals surface area contributed by atoms with Gasteiger partial charge < -0.3 is 10.4 Å². The molecule has 1 amide bonds. The second-order valence-corrected chi connectivity index (χ2v) is 5.63. The summed E-state index contributed by atoms with van der Waals surface area (Å²) in [6, 6.07) is 3.70. The third kappa shape index (κ3) is 6.37. The molecule has 1 heterocycles. The highest BCUT2D eigenvalue weighted by atomic mass is 35.5. The molecule has 0 atom stereocenters. The van der Waals surface area contributed by atoms with Gasteiger partial charge in [-0.15, -0.1) is 17.9 Å². The Morgan fingerprint density at radius 3 is 2.79 bits per heavy atom. The molecule has 0 fully saturated rings. The lowest BCUT2D eigenvalue weighted by molar-refractivity contribution is -0.138. The number of nitrogens with zero attached hydrogens (tertiary/aromatic N) is 1. The fourth-order valence-corrected chi connectivity index (χ4v) is 2.59. The maximum absolute atomic E-state index is 11.6. The number of hydrogen-bond acceptors (Lipinski definition) is 4. The molecule has 1 rings (SSSR count). The Labute approximate surface area is 120 Å². The van der Waals surface area contributed by atoms with Gasteiger partial charge >= 0.3 is 5.97 Å². The summed E-state index contributed by atoms with van der Waals surface area (Å²) >= 11 is 7.30. The summed E-state index contributed by atoms with van der Waals surface area (Å²) in [5, 5.41) is 10.8. The van der Waals surface area contributed by atoms with E-state index in [9.17, 15) is 9.59 Å². The van der Waals surface area contributed by atoms with E-state index in [2.05, 4.69) is 11.9 Å². The first kappa shape index (κ1) is 15.7. The second kappa shape index (κ2) is 7.93. The van der Waals surface area contributed by atoms with Gasteiger partial charge in [-0.05, 0) is 12.1 Å². The van der Waals surface area contributed by atoms with Crippen LogP contribution in [0.25, 0.3) is 0 Å². The average Bonchev–Trinajstić information content (AvgIpc) is 2.72. The molecule has 0 radical (unpaired) electrons. The number of carbonyl (C=O) groups excluding carboxylic acids is 1. The summed E-state index contributed by atoms with van der Waals surface area (Å²) in [4.78, 5) is 24.8. The molecular weight excluding hydrogens is 288 g/mol. The number of halogens is 1. The average molecular weight is 303 g/mol. The summed E-state index contributed by atoms with van der Waals surface area (Å²) < 4.78 is 0.698. The van der Waals surface area contributed by atoms with Gasteiger partial charge in [-0.1, -0.05) is 17.7 Å². The lowest BCUT2D eigenvalue weighted by atomic mass is 10.3. The first-order valence-electron chi connectivity index (χ1n) is 5.57. The molecule has 7 heteroatoms. The van der Waals surface area contributed by atoms with E-state index in [1.807, 2.05) is 11.0 Å². The summed E-state index contributed by atoms with van der Waals surface area (Å²) in [6.45, 7) is 4.50. The molecule has 0 saturated carbocycles. The smallest absolute Gasteiger partial charge is 0.322 e. The Morgan fingerprint density at radius 2 is 2.26 bits per heavy atom. The third-order valence-electron chi connectivity index (χ3n) is 2.20. The minimum absolute atomic E-state index is 0.120. The number of hydrogen-bond donors (Lipinski definition) is 2. The van der Waals surface area contributed by atoms with Crippen LogP contribution in [0, 0.1) is 0 Å². The highest BCUT2D eigenvalue weighted by Gasteiger charge is 2.12. The molecule has 2 N–H and O–H groups in total. The van der Waals surface area contributed by atoms with Gasteiger partial charge in [-0.25, -0.2) is 0 Å². The summed E-state index contributed by atoms with van der Waals surface area (Å²) in [7, 11) is 0. The second-order valence-electron chi connectivity index (χ2n) is 3.83. The minimum atomic E-state index is -1.06. The van der Waals surface area contributed by atoms with Crippen LogP contribution in [0.1, 0.15) is 4.88 Å². The standard InChI is InChI=1S/C12H15ClN2O3S/c1-2-5-15(7-9-3-4-10(13)19-9)8-11(16)14-6-12(17)18/h2-4H,1,5-8H2,(H,14,16)(H,17,18). The molecular formula is C12H15ClN2O3S. The molecule has 104 valence electrons. The number of carboxylic acids is 1. The van der Waals surface area contributed by atoms with E-state index in [4.69, 9.17) is 16.7 Å². The molecule has 0 aromatic carbocycles. The van der Waals surface area contributed by atoms with E-state index in [-0.39, 0.29) is 19.0 Å². The van der Waals surface area contributed by atoms with Crippen molar-refractivity contribution in [2.24, 2.45) is 0 Å². The fourth-order valence-electron chi connectivity index (χ4n) is 1.46. The Bertz CT molecular complexity index is 462. The van der Waals surface area contributed by atoms with E-state index in [0.717, 1.165) is 4.88 Å². The van der Waals surface area contributed by atoms with Gasteiger partial charge in [0.1, 0.15) is 6.54 Å². The van der Waals surface area contributed by atoms with Crippen molar-refractivity contribution >= 4 is 34.8 Å². The molecule has 1 aromatic heterocycles. The molecule has 0 aliphatic carbocycles. The van der Waals surface area contributed by atoms with Crippen LogP contribution in [0.5, 0.6) is 0 Å². The number of amides is 1. The number of carbonyl (C=O) groups is 2. The first-order chi connectivity index (χ1) is 9.01. The largest absolute Gasteiger partial charge is 0.480 e. The van der Waals surface area contributed by atoms with Gasteiger partial charge in [-0.2, -0.15) is 0 Å². The van der Waals surface area contributed by atoms with E-state index >= 15 is 0 Å². The monoisotopic (exact) mass is 302 g/mol. The van der Waals surface area contributed by atoms with Crippen molar-refractivity contribution in [3.63, 3.8) is 0 Å². The van der Waals surface area contributed by atoms with E-state index in [1.165, 1.54) is 11.3 Å². The van der Waals surface area contributed by atoms with Crippen LogP contribution >= 0.6 is 22.9 Å². The molecule has 0 bridgehead atoms. The summed E-state index contributed by atoms with van der Waals surface area (Å²) in [5.74, 6) is -1.39. The zero-order valence-corrected chi connectivity index (χ0v) is 11.8. The van der Waals surface area contributed by atoms with Crippen LogP contribution in [0.2, 0.25) is 4.34 Å². The number of thiophene rings is 1. The molecule has 1 aromatic rings. The molecule has 19 heavy (non-hydrogen) atoms. The van der Waals surface area contributed by atoms with Gasteiger partial charge in [0, 0.05) is 18.0 Å². The first-order valence-corrected chi connectivity index (χ1v) is 6.76. The minimum Gasteiger partial charge on any atom is -0.480 e. The molecule has 0 spiro atoms. The zero-order chi connectivity index (χ0) is 14.3. The lowest BCUT2D eigenvalue weighted by Gasteiger charge is -2.18. The zero-order valence-electron chi connectivity index (χ0n) is 10.3. The van der Waals surface area contributed by atoms with Crippen LogP contribution in [0.15, 0.2) is 24.8 Å². The normalized spacial score (nSPS) is 10.4. The molecule has 0 aliphatic heterocycles. The maximum atomic E-state index is 11.6. The number of carboxylic acid groups (broad SMARTS) is 1. The predicted molar refractivity (Wildman–Crippen MR) is 75.4 cm³/mol. The quantitative estimate of drug-likeness (QED) is 0.716. The molecule has 0 aliphatic rings. The van der Waals surface area contributed by atoms with Gasteiger partial charge in [-0.3, -0.25) is 14.5 Å². The Hall–Kier alpha value is -1.37. The van der Waals surface area contributed by atoms with Gasteiger partial charge in [0.2, 0.25) is 5.91 Å². The van der Waals surface area contributed by atoms with Crippen molar-refractivity contribution in [3.8, 4) is 0 Å². The van der Waals surface area contributed by atoms with Gasteiger partial charge in [0.25, 0.3) is 0 Å². The van der Waals surface area contributed by atoms with Gasteiger partial charge in [0.05, 0.1) is 10.9 Å². The molecule has 0 unspecified atom stereocenters. The van der Waals surface area contributed by atoms with Crippen LogP contribution < -0.4 is 5.32 Å². The highest BCUT2D eigenvalue weighted by molar-refractivity contribution is 7.16. The van der Waals surface area contributed by atoms with Crippen molar-refractivity contribution in [1.29, 1.82) is 0 Å². The lowest BCUT2D eigenvalue weighted by Crippen LogP contribution is -2.39. The predicted octanol–water partition coefficient (Wildman–Crippen LogP) is 1.59. The van der Waals surface area contributed by atoms with Crippen molar-refractivity contribution in [3.05, 3.63) is 34.0 Å². The number of aliphatic carboxylic acids is 1. The van der Waals surface area contributed by atoms with Crippen molar-refractivity contribution in [2.45, 2.75) is 6.54 Å². The van der Waals surface area contributed by atoms with E-state index < -0.39 is 5.97 Å². The Balaban J connectivity index is 2.50. The number of rotatable bonds is 8. The molecule has 5 nitrogen and oxygen atoms in total. The summed E-state index contributed by atoms with van der Waals surface area (Å²) in [6.07, 6.45) is 1.69. The topological polar surface area (TPSA) is 69.6 Å². The van der Waals surface area contributed by atoms with Crippen molar-refractivity contribution in [2.75, 3.05) is 19.6 Å². The van der Waals surface area contributed by atoms with Crippen molar-refractivity contribution < 1.29 is 14.7 Å². The summed E-state index contributed by atoms with van der Waals surface area (Å²) in [5.41, 5.74) is 0. The van der Waals surface area contributed by atoms with Crippen molar-refractivity contribution in [1.82, 2.24) is 10.2 Å². The highest BCUT2D eigenvalue weighted by Crippen LogP contribution is 2.22.